The smallest absolute Gasteiger partial charge is 0.0858 e. The van der Waals surface area contributed by atoms with Crippen molar-refractivity contribution in [2.45, 2.75) is 73.9 Å². The molecule has 1 aliphatic rings. The average Bonchev–Trinajstić information content (AvgIpc) is 2.51. The maximum atomic E-state index is 13.4. The van der Waals surface area contributed by atoms with E-state index < -0.39 is 10.8 Å². The molecule has 1 atom stereocenters. The van der Waals surface area contributed by atoms with Crippen molar-refractivity contribution in [3.05, 3.63) is 58.1 Å². The minimum Gasteiger partial charge on any atom is -0.249 e. The van der Waals surface area contributed by atoms with Crippen LogP contribution < -0.4 is 0 Å². The minimum atomic E-state index is -1.11. The molecule has 0 fully saturated rings. The molecule has 0 N–H and O–H groups in total. The van der Waals surface area contributed by atoms with Crippen LogP contribution >= 0.6 is 15.9 Å². The van der Waals surface area contributed by atoms with E-state index in [2.05, 4.69) is 87.8 Å². The van der Waals surface area contributed by atoms with E-state index in [-0.39, 0.29) is 10.8 Å². The van der Waals surface area contributed by atoms with Gasteiger partial charge in [-0.05, 0) is 51.1 Å². The lowest BCUT2D eigenvalue weighted by atomic mass is 9.78. The average molecular weight is 419 g/mol. The Morgan fingerprint density at radius 2 is 1.64 bits per heavy atom. The van der Waals surface area contributed by atoms with E-state index in [1.807, 2.05) is 0 Å². The lowest BCUT2D eigenvalue weighted by Gasteiger charge is -2.31. The number of fused-ring (bicyclic) bond motifs is 2. The lowest BCUT2D eigenvalue weighted by Crippen LogP contribution is -2.23. The minimum absolute atomic E-state index is 0.0334. The largest absolute Gasteiger partial charge is 0.249 e. The number of hydrogen-bond donors (Lipinski definition) is 0. The third kappa shape index (κ3) is 3.50. The first-order chi connectivity index (χ1) is 11.5. The van der Waals surface area contributed by atoms with Crippen molar-refractivity contribution >= 4 is 26.7 Å². The summed E-state index contributed by atoms with van der Waals surface area (Å²) in [6, 6.07) is 10.9. The molecule has 0 spiro atoms. The maximum absolute atomic E-state index is 13.4. The van der Waals surface area contributed by atoms with E-state index in [1.165, 1.54) is 27.8 Å². The van der Waals surface area contributed by atoms with Gasteiger partial charge in [0.25, 0.3) is 0 Å². The summed E-state index contributed by atoms with van der Waals surface area (Å²) in [5, 5.41) is 0.828. The van der Waals surface area contributed by atoms with Gasteiger partial charge < -0.3 is 0 Å². The van der Waals surface area contributed by atoms with E-state index in [4.69, 9.17) is 0 Å². The standard InChI is InChI=1S/C22H27BrOS/c1-21(2,3)17-11-16-10-15-9-14(13-23)7-8-19(15)25(24)20(16)18(12-17)22(4,5)6/h7-9,11-12H,10,13H2,1-6H3. The second-order valence-corrected chi connectivity index (χ2v) is 11.0. The zero-order valence-electron chi connectivity index (χ0n) is 16.0. The van der Waals surface area contributed by atoms with Crippen molar-refractivity contribution in [2.75, 3.05) is 0 Å². The Morgan fingerprint density at radius 3 is 2.20 bits per heavy atom. The van der Waals surface area contributed by atoms with Crippen molar-refractivity contribution in [1.29, 1.82) is 0 Å². The number of alkyl halides is 1. The molecule has 3 heteroatoms. The molecule has 0 aromatic heterocycles. The van der Waals surface area contributed by atoms with Gasteiger partial charge in [0.2, 0.25) is 0 Å². The van der Waals surface area contributed by atoms with Crippen LogP contribution in [0.4, 0.5) is 0 Å². The SMILES string of the molecule is CC(C)(C)c1cc2c(c(C(C)(C)C)c1)S(=O)c1ccc(CBr)cc1C2. The number of rotatable bonds is 1. The van der Waals surface area contributed by atoms with Gasteiger partial charge >= 0.3 is 0 Å². The van der Waals surface area contributed by atoms with Crippen LogP contribution in [0.1, 0.15) is 69.4 Å². The first-order valence-electron chi connectivity index (χ1n) is 8.80. The number of halogens is 1. The summed E-state index contributed by atoms with van der Waals surface area (Å²) in [5.74, 6) is 0. The molecule has 2 aromatic rings. The fourth-order valence-corrected chi connectivity index (χ4v) is 5.44. The van der Waals surface area contributed by atoms with E-state index in [9.17, 15) is 4.21 Å². The van der Waals surface area contributed by atoms with E-state index >= 15 is 0 Å². The number of benzene rings is 2. The van der Waals surface area contributed by atoms with Gasteiger partial charge in [-0.3, -0.25) is 0 Å². The second kappa shape index (κ2) is 6.35. The molecule has 0 saturated heterocycles. The van der Waals surface area contributed by atoms with Gasteiger partial charge in [-0.1, -0.05) is 81.7 Å². The molecule has 0 saturated carbocycles. The maximum Gasteiger partial charge on any atom is 0.0858 e. The highest BCUT2D eigenvalue weighted by molar-refractivity contribution is 9.08. The van der Waals surface area contributed by atoms with Crippen molar-refractivity contribution in [3.8, 4) is 0 Å². The highest BCUT2D eigenvalue weighted by Gasteiger charge is 2.31. The Balaban J connectivity index is 2.26. The van der Waals surface area contributed by atoms with Gasteiger partial charge in [-0.25, -0.2) is 4.21 Å². The van der Waals surface area contributed by atoms with Crippen LogP contribution in [0.25, 0.3) is 0 Å². The Bertz CT molecular complexity index is 854. The highest BCUT2D eigenvalue weighted by Crippen LogP contribution is 2.41. The molecule has 1 nitrogen and oxygen atoms in total. The van der Waals surface area contributed by atoms with Crippen LogP contribution in [-0.4, -0.2) is 4.21 Å². The molecule has 1 unspecified atom stereocenters. The van der Waals surface area contributed by atoms with Gasteiger partial charge in [0.05, 0.1) is 15.7 Å². The van der Waals surface area contributed by atoms with Crippen molar-refractivity contribution in [2.24, 2.45) is 0 Å². The van der Waals surface area contributed by atoms with E-state index in [1.54, 1.807) is 0 Å². The molecule has 0 amide bonds. The summed E-state index contributed by atoms with van der Waals surface area (Å²) in [6.45, 7) is 13.4. The Labute approximate surface area is 162 Å². The molecule has 0 bridgehead atoms. The quantitative estimate of drug-likeness (QED) is 0.426. The van der Waals surface area contributed by atoms with Crippen LogP contribution in [0.15, 0.2) is 40.1 Å². The molecule has 0 radical (unpaired) electrons. The fourth-order valence-electron chi connectivity index (χ4n) is 3.38. The summed E-state index contributed by atoms with van der Waals surface area (Å²) >= 11 is 3.53. The van der Waals surface area contributed by atoms with Crippen LogP contribution in [0, 0.1) is 0 Å². The van der Waals surface area contributed by atoms with Crippen molar-refractivity contribution in [3.63, 3.8) is 0 Å². The molecular weight excluding hydrogens is 392 g/mol. The first kappa shape index (κ1) is 18.8. The van der Waals surface area contributed by atoms with Crippen LogP contribution in [0.5, 0.6) is 0 Å². The van der Waals surface area contributed by atoms with Crippen molar-refractivity contribution in [1.82, 2.24) is 0 Å². The third-order valence-electron chi connectivity index (χ3n) is 4.89. The number of hydrogen-bond acceptors (Lipinski definition) is 1. The van der Waals surface area contributed by atoms with Crippen LogP contribution in [-0.2, 0) is 33.4 Å². The van der Waals surface area contributed by atoms with Gasteiger partial charge in [0.15, 0.2) is 0 Å². The second-order valence-electron chi connectivity index (χ2n) is 9.03. The summed E-state index contributed by atoms with van der Waals surface area (Å²) in [6.07, 6.45) is 0.865. The Hall–Kier alpha value is -0.930. The molecule has 134 valence electrons. The van der Waals surface area contributed by atoms with Gasteiger partial charge in [-0.15, -0.1) is 0 Å². The molecular formula is C22H27BrOS. The Kier molecular flexibility index (Phi) is 4.79. The lowest BCUT2D eigenvalue weighted by molar-refractivity contribution is 0.554. The highest BCUT2D eigenvalue weighted by atomic mass is 79.9. The van der Waals surface area contributed by atoms with Crippen LogP contribution in [0.3, 0.4) is 0 Å². The first-order valence-corrected chi connectivity index (χ1v) is 11.1. The fraction of sp³-hybridized carbons (Fsp3) is 0.455. The molecule has 1 heterocycles. The predicted molar refractivity (Wildman–Crippen MR) is 110 cm³/mol. The van der Waals surface area contributed by atoms with Gasteiger partial charge in [-0.2, -0.15) is 0 Å². The summed E-state index contributed by atoms with van der Waals surface area (Å²) in [5.41, 5.74) is 6.27. The van der Waals surface area contributed by atoms with Gasteiger partial charge in [0.1, 0.15) is 0 Å². The zero-order chi connectivity index (χ0) is 18.6. The van der Waals surface area contributed by atoms with E-state index in [0.29, 0.717) is 0 Å². The molecule has 1 aliphatic heterocycles. The Morgan fingerprint density at radius 1 is 0.960 bits per heavy atom. The van der Waals surface area contributed by atoms with Crippen molar-refractivity contribution < 1.29 is 4.21 Å². The van der Waals surface area contributed by atoms with Crippen LogP contribution in [0.2, 0.25) is 0 Å². The zero-order valence-corrected chi connectivity index (χ0v) is 18.4. The monoisotopic (exact) mass is 418 g/mol. The topological polar surface area (TPSA) is 17.1 Å². The molecule has 0 aliphatic carbocycles. The summed E-state index contributed by atoms with van der Waals surface area (Å²) < 4.78 is 13.4. The normalized spacial score (nSPS) is 17.2. The van der Waals surface area contributed by atoms with Gasteiger partial charge in [0, 0.05) is 10.2 Å². The summed E-state index contributed by atoms with van der Waals surface area (Å²) in [4.78, 5) is 2.02. The molecule has 25 heavy (non-hydrogen) atoms. The molecule has 2 aromatic carbocycles. The summed E-state index contributed by atoms with van der Waals surface area (Å²) in [7, 11) is -1.11. The predicted octanol–water partition coefficient (Wildman–Crippen LogP) is 6.25. The third-order valence-corrected chi connectivity index (χ3v) is 7.18. The van der Waals surface area contributed by atoms with E-state index in [0.717, 1.165) is 21.5 Å². The molecule has 3 rings (SSSR count).